The highest BCUT2D eigenvalue weighted by Crippen LogP contribution is 2.28. The number of anilines is 1. The Balaban J connectivity index is 1.39. The van der Waals surface area contributed by atoms with Crippen molar-refractivity contribution in [1.29, 1.82) is 0 Å². The van der Waals surface area contributed by atoms with E-state index in [2.05, 4.69) is 9.89 Å². The van der Waals surface area contributed by atoms with E-state index in [-0.39, 0.29) is 5.91 Å². The molecule has 2 aliphatic heterocycles. The number of amides is 1. The summed E-state index contributed by atoms with van der Waals surface area (Å²) in [4.78, 5) is 20.9. The quantitative estimate of drug-likeness (QED) is 0.845. The lowest BCUT2D eigenvalue weighted by Crippen LogP contribution is -2.40. The summed E-state index contributed by atoms with van der Waals surface area (Å²) in [6, 6.07) is 8.70. The molecule has 4 rings (SSSR count). The summed E-state index contributed by atoms with van der Waals surface area (Å²) in [6.45, 7) is 2.98. The molecule has 2 fully saturated rings. The number of hydrogen-bond acceptors (Lipinski definition) is 4. The van der Waals surface area contributed by atoms with E-state index in [0.717, 1.165) is 62.0 Å². The minimum Gasteiger partial charge on any atom is -0.402 e. The van der Waals surface area contributed by atoms with Gasteiger partial charge in [0, 0.05) is 49.7 Å². The van der Waals surface area contributed by atoms with E-state index < -0.39 is 0 Å². The first-order chi connectivity index (χ1) is 12.7. The Morgan fingerprint density at radius 2 is 1.77 bits per heavy atom. The molecular formula is C21H28N4O. The molecular weight excluding hydrogens is 324 g/mol. The zero-order chi connectivity index (χ0) is 17.9. The molecule has 0 radical (unpaired) electrons. The van der Waals surface area contributed by atoms with Gasteiger partial charge in [-0.25, -0.2) is 0 Å². The smallest absolute Gasteiger partial charge is 0.227 e. The molecule has 1 saturated heterocycles. The predicted octanol–water partition coefficient (Wildman–Crippen LogP) is 3.38. The lowest BCUT2D eigenvalue weighted by atomic mass is 9.91. The largest absolute Gasteiger partial charge is 0.402 e. The van der Waals surface area contributed by atoms with E-state index in [4.69, 9.17) is 5.73 Å². The Morgan fingerprint density at radius 1 is 1.00 bits per heavy atom. The molecule has 1 aromatic rings. The SMILES string of the molecule is NC1=C(C=Nc2ccc(N3CCCC3=O)cc2)CCN(C2CCC2)CC1. The fraction of sp³-hybridized carbons (Fsp3) is 0.524. The first-order valence-corrected chi connectivity index (χ1v) is 9.87. The molecule has 2 heterocycles. The van der Waals surface area contributed by atoms with Crippen molar-refractivity contribution in [2.24, 2.45) is 10.7 Å². The Kier molecular flexibility index (Phi) is 5.07. The lowest BCUT2D eigenvalue weighted by molar-refractivity contribution is -0.117. The molecule has 0 unspecified atom stereocenters. The number of nitrogens with two attached hydrogens (primary N) is 1. The minimum atomic E-state index is 0.216. The van der Waals surface area contributed by atoms with Crippen LogP contribution >= 0.6 is 0 Å². The van der Waals surface area contributed by atoms with Gasteiger partial charge in [0.25, 0.3) is 0 Å². The van der Waals surface area contributed by atoms with E-state index >= 15 is 0 Å². The average molecular weight is 352 g/mol. The van der Waals surface area contributed by atoms with E-state index in [9.17, 15) is 4.79 Å². The van der Waals surface area contributed by atoms with Gasteiger partial charge in [-0.15, -0.1) is 0 Å². The third kappa shape index (κ3) is 3.68. The van der Waals surface area contributed by atoms with Crippen molar-refractivity contribution >= 4 is 23.5 Å². The van der Waals surface area contributed by atoms with Crippen LogP contribution in [0.2, 0.25) is 0 Å². The van der Waals surface area contributed by atoms with Gasteiger partial charge in [-0.2, -0.15) is 0 Å². The maximum Gasteiger partial charge on any atom is 0.227 e. The number of hydrogen-bond donors (Lipinski definition) is 1. The van der Waals surface area contributed by atoms with Crippen LogP contribution in [0, 0.1) is 0 Å². The van der Waals surface area contributed by atoms with Gasteiger partial charge in [0.15, 0.2) is 0 Å². The average Bonchev–Trinajstić information content (AvgIpc) is 2.95. The van der Waals surface area contributed by atoms with Crippen LogP contribution in [0.5, 0.6) is 0 Å². The molecule has 2 N–H and O–H groups in total. The number of carbonyl (C=O) groups is 1. The monoisotopic (exact) mass is 352 g/mol. The fourth-order valence-electron chi connectivity index (χ4n) is 4.02. The van der Waals surface area contributed by atoms with E-state index in [1.807, 2.05) is 35.4 Å². The third-order valence-electron chi connectivity index (χ3n) is 5.94. The maximum absolute atomic E-state index is 11.8. The van der Waals surface area contributed by atoms with Crippen molar-refractivity contribution in [2.75, 3.05) is 24.5 Å². The maximum atomic E-state index is 11.8. The number of rotatable bonds is 4. The molecule has 1 amide bonds. The predicted molar refractivity (Wildman–Crippen MR) is 106 cm³/mol. The van der Waals surface area contributed by atoms with Crippen LogP contribution in [0.3, 0.4) is 0 Å². The van der Waals surface area contributed by atoms with Crippen LogP contribution < -0.4 is 10.6 Å². The van der Waals surface area contributed by atoms with Crippen molar-refractivity contribution in [3.05, 3.63) is 35.5 Å². The second kappa shape index (κ2) is 7.62. The van der Waals surface area contributed by atoms with Gasteiger partial charge in [-0.1, -0.05) is 6.42 Å². The summed E-state index contributed by atoms with van der Waals surface area (Å²) < 4.78 is 0. The molecule has 138 valence electrons. The van der Waals surface area contributed by atoms with Crippen LogP contribution in [-0.4, -0.2) is 42.7 Å². The third-order valence-corrected chi connectivity index (χ3v) is 5.94. The molecule has 5 heteroatoms. The van der Waals surface area contributed by atoms with Crippen LogP contribution in [0.4, 0.5) is 11.4 Å². The number of aliphatic imine (C=N–C) groups is 1. The second-order valence-corrected chi connectivity index (χ2v) is 7.59. The van der Waals surface area contributed by atoms with E-state index in [1.165, 1.54) is 24.8 Å². The summed E-state index contributed by atoms with van der Waals surface area (Å²) >= 11 is 0. The zero-order valence-electron chi connectivity index (χ0n) is 15.4. The summed E-state index contributed by atoms with van der Waals surface area (Å²) in [5.74, 6) is 0.216. The molecule has 5 nitrogen and oxygen atoms in total. The summed E-state index contributed by atoms with van der Waals surface area (Å²) in [6.07, 6.45) is 9.52. The number of benzene rings is 1. The molecule has 26 heavy (non-hydrogen) atoms. The first-order valence-electron chi connectivity index (χ1n) is 9.87. The Labute approximate surface area is 155 Å². The second-order valence-electron chi connectivity index (χ2n) is 7.59. The molecule has 0 aromatic heterocycles. The molecule has 0 spiro atoms. The van der Waals surface area contributed by atoms with E-state index in [1.54, 1.807) is 0 Å². The topological polar surface area (TPSA) is 61.9 Å². The highest BCUT2D eigenvalue weighted by Gasteiger charge is 2.26. The summed E-state index contributed by atoms with van der Waals surface area (Å²) in [5.41, 5.74) is 10.3. The van der Waals surface area contributed by atoms with Gasteiger partial charge in [0.1, 0.15) is 0 Å². The fourth-order valence-corrected chi connectivity index (χ4v) is 4.02. The molecule has 1 aliphatic carbocycles. The molecule has 1 saturated carbocycles. The summed E-state index contributed by atoms with van der Waals surface area (Å²) in [7, 11) is 0. The lowest BCUT2D eigenvalue weighted by Gasteiger charge is -2.36. The van der Waals surface area contributed by atoms with Crippen molar-refractivity contribution in [3.63, 3.8) is 0 Å². The molecule has 3 aliphatic rings. The molecule has 1 aromatic carbocycles. The van der Waals surface area contributed by atoms with Crippen LogP contribution in [-0.2, 0) is 4.79 Å². The summed E-state index contributed by atoms with van der Waals surface area (Å²) in [5, 5.41) is 0. The van der Waals surface area contributed by atoms with Crippen molar-refractivity contribution in [3.8, 4) is 0 Å². The molecule has 0 bridgehead atoms. The van der Waals surface area contributed by atoms with Gasteiger partial charge in [-0.3, -0.25) is 14.7 Å². The molecule has 0 atom stereocenters. The van der Waals surface area contributed by atoms with Crippen LogP contribution in [0.1, 0.15) is 44.9 Å². The van der Waals surface area contributed by atoms with Crippen molar-refractivity contribution in [2.45, 2.75) is 51.0 Å². The number of carbonyl (C=O) groups excluding carboxylic acids is 1. The Morgan fingerprint density at radius 3 is 2.42 bits per heavy atom. The van der Waals surface area contributed by atoms with Gasteiger partial charge in [0.2, 0.25) is 5.91 Å². The van der Waals surface area contributed by atoms with Gasteiger partial charge >= 0.3 is 0 Å². The standard InChI is InChI=1S/C21H28N4O/c22-20-11-14-24(18-3-1-4-18)13-10-16(20)15-23-17-6-8-19(9-7-17)25-12-2-5-21(25)26/h6-9,15,18H,1-5,10-14,22H2. The van der Waals surface area contributed by atoms with Gasteiger partial charge in [0.05, 0.1) is 5.69 Å². The number of nitrogens with zero attached hydrogens (tertiary/aromatic N) is 3. The highest BCUT2D eigenvalue weighted by atomic mass is 16.2. The van der Waals surface area contributed by atoms with E-state index in [0.29, 0.717) is 6.42 Å². The highest BCUT2D eigenvalue weighted by molar-refractivity contribution is 5.95. The Bertz CT molecular complexity index is 718. The normalized spacial score (nSPS) is 22.9. The van der Waals surface area contributed by atoms with Crippen molar-refractivity contribution < 1.29 is 4.79 Å². The van der Waals surface area contributed by atoms with Gasteiger partial charge in [-0.05, 0) is 61.9 Å². The van der Waals surface area contributed by atoms with Crippen LogP contribution in [0.25, 0.3) is 0 Å². The van der Waals surface area contributed by atoms with Crippen LogP contribution in [0.15, 0.2) is 40.5 Å². The Hall–Kier alpha value is -2.14. The zero-order valence-corrected chi connectivity index (χ0v) is 15.4. The first kappa shape index (κ1) is 17.3. The van der Waals surface area contributed by atoms with Gasteiger partial charge < -0.3 is 10.6 Å². The minimum absolute atomic E-state index is 0.216. The van der Waals surface area contributed by atoms with Crippen molar-refractivity contribution in [1.82, 2.24) is 4.90 Å².